The van der Waals surface area contributed by atoms with Gasteiger partial charge in [-0.25, -0.2) is 0 Å². The van der Waals surface area contributed by atoms with Crippen molar-refractivity contribution in [3.8, 4) is 0 Å². The smallest absolute Gasteiger partial charge is 0.254 e. The van der Waals surface area contributed by atoms with Gasteiger partial charge in [0, 0.05) is 30.3 Å². The molecule has 2 aromatic rings. The lowest BCUT2D eigenvalue weighted by atomic mass is 9.66. The van der Waals surface area contributed by atoms with Crippen molar-refractivity contribution in [3.05, 3.63) is 71.3 Å². The summed E-state index contributed by atoms with van der Waals surface area (Å²) in [6, 6.07) is 16.7. The third kappa shape index (κ3) is 3.68. The van der Waals surface area contributed by atoms with E-state index in [0.29, 0.717) is 50.3 Å². The highest BCUT2D eigenvalue weighted by molar-refractivity contribution is 6.02. The lowest BCUT2D eigenvalue weighted by molar-refractivity contribution is -0.132. The van der Waals surface area contributed by atoms with Crippen molar-refractivity contribution in [1.82, 2.24) is 15.1 Å². The lowest BCUT2D eigenvalue weighted by Gasteiger charge is -2.56. The Bertz CT molecular complexity index is 1090. The summed E-state index contributed by atoms with van der Waals surface area (Å²) in [5.74, 6) is -0.619. The number of hydrogen-bond acceptors (Lipinski definition) is 4. The van der Waals surface area contributed by atoms with Crippen LogP contribution in [-0.2, 0) is 9.53 Å². The molecule has 0 saturated carbocycles. The van der Waals surface area contributed by atoms with E-state index in [0.717, 1.165) is 5.56 Å². The second kappa shape index (κ2) is 8.87. The molecule has 7 nitrogen and oxygen atoms in total. The number of carbonyl (C=O) groups excluding carboxylic acids is 3. The van der Waals surface area contributed by atoms with Crippen LogP contribution in [-0.4, -0.2) is 71.4 Å². The van der Waals surface area contributed by atoms with Crippen LogP contribution in [0.3, 0.4) is 0 Å². The molecular weight excluding hydrogens is 430 g/mol. The number of carbonyl (C=O) groups is 3. The molecule has 3 amide bonds. The molecule has 0 aliphatic carbocycles. The van der Waals surface area contributed by atoms with Crippen LogP contribution in [0.2, 0.25) is 0 Å². The number of nitrogens with one attached hydrogen (secondary N) is 1. The van der Waals surface area contributed by atoms with Crippen molar-refractivity contribution in [1.29, 1.82) is 0 Å². The average Bonchev–Trinajstić information content (AvgIpc) is 2.82. The van der Waals surface area contributed by atoms with E-state index in [1.54, 1.807) is 0 Å². The Balaban J connectivity index is 1.51. The molecular formula is C27H31N3O4. The molecule has 34 heavy (non-hydrogen) atoms. The van der Waals surface area contributed by atoms with Crippen molar-refractivity contribution < 1.29 is 19.1 Å². The largest absolute Gasteiger partial charge is 0.377 e. The normalized spacial score (nSPS) is 21.9. The van der Waals surface area contributed by atoms with Crippen LogP contribution in [0.4, 0.5) is 0 Å². The molecule has 1 unspecified atom stereocenters. The molecule has 1 spiro atoms. The summed E-state index contributed by atoms with van der Waals surface area (Å²) in [5, 5.41) is 3.15. The van der Waals surface area contributed by atoms with Gasteiger partial charge in [0.05, 0.1) is 30.7 Å². The number of nitrogens with zero attached hydrogens (tertiary/aromatic N) is 2. The van der Waals surface area contributed by atoms with E-state index in [2.05, 4.69) is 5.32 Å². The van der Waals surface area contributed by atoms with E-state index in [4.69, 9.17) is 4.74 Å². The first kappa shape index (κ1) is 22.6. The minimum atomic E-state index is -0.693. The summed E-state index contributed by atoms with van der Waals surface area (Å²) in [7, 11) is 0. The van der Waals surface area contributed by atoms with Crippen molar-refractivity contribution >= 4 is 17.7 Å². The topological polar surface area (TPSA) is 79.0 Å². The van der Waals surface area contributed by atoms with Crippen LogP contribution < -0.4 is 5.32 Å². The average molecular weight is 462 g/mol. The fourth-order valence-electron chi connectivity index (χ4n) is 5.83. The van der Waals surface area contributed by atoms with Crippen molar-refractivity contribution in [3.63, 3.8) is 0 Å². The van der Waals surface area contributed by atoms with Gasteiger partial charge < -0.3 is 19.9 Å². The van der Waals surface area contributed by atoms with Gasteiger partial charge in [-0.2, -0.15) is 0 Å². The van der Waals surface area contributed by atoms with E-state index in [9.17, 15) is 14.4 Å². The maximum Gasteiger partial charge on any atom is 0.254 e. The van der Waals surface area contributed by atoms with Gasteiger partial charge in [-0.1, -0.05) is 36.4 Å². The molecule has 5 rings (SSSR count). The molecule has 0 aromatic heterocycles. The second-order valence-electron chi connectivity index (χ2n) is 9.79. The number of benzene rings is 2. The summed E-state index contributed by atoms with van der Waals surface area (Å²) in [6.07, 6.45) is 1.09. The first-order valence-corrected chi connectivity index (χ1v) is 12.1. The van der Waals surface area contributed by atoms with Gasteiger partial charge in [-0.3, -0.25) is 14.4 Å². The van der Waals surface area contributed by atoms with Crippen LogP contribution in [0.25, 0.3) is 0 Å². The molecule has 0 radical (unpaired) electrons. The third-order valence-corrected chi connectivity index (χ3v) is 7.44. The molecule has 3 aliphatic heterocycles. The fraction of sp³-hybridized carbons (Fsp3) is 0.444. The van der Waals surface area contributed by atoms with Crippen LogP contribution in [0.1, 0.15) is 58.9 Å². The molecule has 3 aliphatic rings. The molecule has 2 saturated heterocycles. The first-order chi connectivity index (χ1) is 16.4. The van der Waals surface area contributed by atoms with Crippen LogP contribution >= 0.6 is 0 Å². The first-order valence-electron chi connectivity index (χ1n) is 12.1. The predicted octanol–water partition coefficient (Wildman–Crippen LogP) is 2.82. The van der Waals surface area contributed by atoms with Gasteiger partial charge in [0.1, 0.15) is 0 Å². The highest BCUT2D eigenvalue weighted by Crippen LogP contribution is 2.48. The Hall–Kier alpha value is -3.19. The molecule has 2 fully saturated rings. The number of piperidine rings is 1. The number of rotatable bonds is 4. The standard InChI is InChI=1S/C27H31N3O4/c1-18(2)30-26(33)22-11-7-6-10-21(22)23(24(31)28-20-16-34-17-20)27(30)12-14-29(15-13-27)25(32)19-8-4-3-5-9-19/h3-11,18,20,23H,12-17H2,1-2H3,(H,28,31). The molecule has 1 atom stereocenters. The van der Waals surface area contributed by atoms with Crippen LogP contribution in [0, 0.1) is 0 Å². The van der Waals surface area contributed by atoms with E-state index in [1.807, 2.05) is 78.2 Å². The van der Waals surface area contributed by atoms with Crippen LogP contribution in [0.15, 0.2) is 54.6 Å². The van der Waals surface area contributed by atoms with E-state index in [1.165, 1.54) is 0 Å². The highest BCUT2D eigenvalue weighted by atomic mass is 16.5. The number of amides is 3. The zero-order valence-corrected chi connectivity index (χ0v) is 19.7. The quantitative estimate of drug-likeness (QED) is 0.760. The van der Waals surface area contributed by atoms with Gasteiger partial charge in [-0.05, 0) is 50.5 Å². The molecule has 1 N–H and O–H groups in total. The summed E-state index contributed by atoms with van der Waals surface area (Å²) in [5.41, 5.74) is 1.34. The van der Waals surface area contributed by atoms with Crippen molar-refractivity contribution in [2.75, 3.05) is 26.3 Å². The zero-order chi connectivity index (χ0) is 23.9. The maximum atomic E-state index is 13.8. The number of ether oxygens (including phenoxy) is 1. The van der Waals surface area contributed by atoms with Gasteiger partial charge in [0.25, 0.3) is 11.8 Å². The number of likely N-dealkylation sites (tertiary alicyclic amines) is 1. The molecule has 2 aromatic carbocycles. The minimum absolute atomic E-state index is 0.00147. The summed E-state index contributed by atoms with van der Waals surface area (Å²) in [4.78, 5) is 44.4. The molecule has 178 valence electrons. The lowest BCUT2D eigenvalue weighted by Crippen LogP contribution is -2.68. The Morgan fingerprint density at radius 2 is 1.65 bits per heavy atom. The highest BCUT2D eigenvalue weighted by Gasteiger charge is 2.56. The number of hydrogen-bond donors (Lipinski definition) is 1. The van der Waals surface area contributed by atoms with E-state index >= 15 is 0 Å². The van der Waals surface area contributed by atoms with E-state index < -0.39 is 11.5 Å². The molecule has 7 heteroatoms. The van der Waals surface area contributed by atoms with Gasteiger partial charge in [0.2, 0.25) is 5.91 Å². The fourth-order valence-corrected chi connectivity index (χ4v) is 5.83. The van der Waals surface area contributed by atoms with Gasteiger partial charge in [-0.15, -0.1) is 0 Å². The third-order valence-electron chi connectivity index (χ3n) is 7.44. The SMILES string of the molecule is CC(C)N1C(=O)c2ccccc2C(C(=O)NC2COC2)C12CCN(C(=O)c1ccccc1)CC2. The Labute approximate surface area is 200 Å². The molecule has 3 heterocycles. The van der Waals surface area contributed by atoms with Gasteiger partial charge >= 0.3 is 0 Å². The summed E-state index contributed by atoms with van der Waals surface area (Å²) < 4.78 is 5.26. The van der Waals surface area contributed by atoms with Crippen LogP contribution in [0.5, 0.6) is 0 Å². The number of fused-ring (bicyclic) bond motifs is 1. The second-order valence-corrected chi connectivity index (χ2v) is 9.79. The maximum absolute atomic E-state index is 13.8. The molecule has 0 bridgehead atoms. The summed E-state index contributed by atoms with van der Waals surface area (Å²) in [6.45, 7) is 6.01. The Morgan fingerprint density at radius 3 is 2.26 bits per heavy atom. The zero-order valence-electron chi connectivity index (χ0n) is 19.7. The van der Waals surface area contributed by atoms with Gasteiger partial charge in [0.15, 0.2) is 0 Å². The van der Waals surface area contributed by atoms with E-state index in [-0.39, 0.29) is 29.8 Å². The summed E-state index contributed by atoms with van der Waals surface area (Å²) >= 11 is 0. The van der Waals surface area contributed by atoms with Crippen molar-refractivity contribution in [2.24, 2.45) is 0 Å². The Kier molecular flexibility index (Phi) is 5.90. The van der Waals surface area contributed by atoms with Crippen molar-refractivity contribution in [2.45, 2.75) is 50.2 Å². The predicted molar refractivity (Wildman–Crippen MR) is 128 cm³/mol. The minimum Gasteiger partial charge on any atom is -0.377 e. The Morgan fingerprint density at radius 1 is 1.00 bits per heavy atom. The monoisotopic (exact) mass is 461 g/mol.